The predicted molar refractivity (Wildman–Crippen MR) is 91.7 cm³/mol. The summed E-state index contributed by atoms with van der Waals surface area (Å²) in [5.74, 6) is -1.95. The Balaban J connectivity index is 2.23. The first-order chi connectivity index (χ1) is 12.0. The van der Waals surface area contributed by atoms with Crippen LogP contribution >= 0.6 is 0 Å². The topological polar surface area (TPSA) is 75.6 Å². The minimum Gasteiger partial charge on any atom is -0.480 e. The van der Waals surface area contributed by atoms with Crippen molar-refractivity contribution in [1.29, 1.82) is 0 Å². The first-order valence-corrected chi connectivity index (χ1v) is 8.48. The molecule has 1 unspecified atom stereocenters. The fraction of sp³-hybridized carbons (Fsp3) is 0.474. The second kappa shape index (κ2) is 8.76. The van der Waals surface area contributed by atoms with Crippen LogP contribution in [0.4, 0.5) is 4.39 Å². The van der Waals surface area contributed by atoms with Crippen molar-refractivity contribution in [2.24, 2.45) is 0 Å². The molecule has 1 atom stereocenters. The summed E-state index contributed by atoms with van der Waals surface area (Å²) in [5, 5.41) is 11.9. The van der Waals surface area contributed by atoms with Crippen molar-refractivity contribution in [1.82, 2.24) is 5.32 Å². The molecule has 1 aliphatic carbocycles. The predicted octanol–water partition coefficient (Wildman–Crippen LogP) is 2.80. The van der Waals surface area contributed by atoms with Crippen LogP contribution in [0, 0.1) is 5.82 Å². The largest absolute Gasteiger partial charge is 0.480 e. The third-order valence-electron chi connectivity index (χ3n) is 4.64. The number of carboxylic acid groups (broad SMARTS) is 1. The summed E-state index contributed by atoms with van der Waals surface area (Å²) < 4.78 is 18.9. The number of hydrogen-bond acceptors (Lipinski definition) is 3. The molecule has 0 radical (unpaired) electrons. The van der Waals surface area contributed by atoms with Crippen molar-refractivity contribution < 1.29 is 23.8 Å². The van der Waals surface area contributed by atoms with Gasteiger partial charge in [-0.05, 0) is 30.5 Å². The first kappa shape index (κ1) is 19.1. The summed E-state index contributed by atoms with van der Waals surface area (Å²) in [5.41, 5.74) is -0.298. The summed E-state index contributed by atoms with van der Waals surface area (Å²) >= 11 is 0. The molecule has 1 amide bonds. The van der Waals surface area contributed by atoms with Crippen LogP contribution in [-0.4, -0.2) is 36.2 Å². The number of amides is 1. The number of carbonyl (C=O) groups excluding carboxylic acids is 1. The van der Waals surface area contributed by atoms with Gasteiger partial charge in [-0.25, -0.2) is 9.18 Å². The minimum atomic E-state index is -1.16. The summed E-state index contributed by atoms with van der Waals surface area (Å²) in [4.78, 5) is 24.4. The van der Waals surface area contributed by atoms with Crippen molar-refractivity contribution in [3.8, 4) is 0 Å². The number of ether oxygens (including phenoxy) is 1. The van der Waals surface area contributed by atoms with E-state index >= 15 is 0 Å². The molecule has 1 aromatic rings. The Bertz CT molecular complexity index is 626. The van der Waals surface area contributed by atoms with E-state index in [-0.39, 0.29) is 19.1 Å². The van der Waals surface area contributed by atoms with Crippen molar-refractivity contribution in [3.05, 3.63) is 48.3 Å². The van der Waals surface area contributed by atoms with Crippen molar-refractivity contribution >= 4 is 11.9 Å². The molecule has 2 N–H and O–H groups in total. The summed E-state index contributed by atoms with van der Waals surface area (Å²) in [6.07, 6.45) is 5.35. The Hall–Kier alpha value is -2.21. The Morgan fingerprint density at radius 3 is 2.68 bits per heavy atom. The Morgan fingerprint density at radius 2 is 2.08 bits per heavy atom. The van der Waals surface area contributed by atoms with E-state index in [1.807, 2.05) is 0 Å². The maximum absolute atomic E-state index is 13.7. The highest BCUT2D eigenvalue weighted by molar-refractivity contribution is 5.91. The van der Waals surface area contributed by atoms with Crippen LogP contribution in [0.3, 0.4) is 0 Å². The Morgan fingerprint density at radius 1 is 1.36 bits per heavy atom. The number of halogens is 1. The lowest BCUT2D eigenvalue weighted by Crippen LogP contribution is -2.53. The maximum Gasteiger partial charge on any atom is 0.328 e. The standard InChI is InChI=1S/C19H24FNO4/c1-2-11-25-13-16(17(22)23)21-18(24)19(9-4-3-5-10-19)14-7-6-8-15(20)12-14/h2,6-8,12,16H,1,3-5,9-11,13H2,(H,21,24)(H,22,23). The highest BCUT2D eigenvalue weighted by Gasteiger charge is 2.42. The monoisotopic (exact) mass is 349 g/mol. The number of nitrogens with one attached hydrogen (secondary N) is 1. The van der Waals surface area contributed by atoms with Crippen molar-refractivity contribution in [2.75, 3.05) is 13.2 Å². The van der Waals surface area contributed by atoms with Gasteiger partial charge in [0.2, 0.25) is 5.91 Å². The Kier molecular flexibility index (Phi) is 6.70. The quantitative estimate of drug-likeness (QED) is 0.559. The van der Waals surface area contributed by atoms with Gasteiger partial charge in [0.15, 0.2) is 6.04 Å². The molecule has 5 nitrogen and oxygen atoms in total. The average molecular weight is 349 g/mol. The van der Waals surface area contributed by atoms with Crippen molar-refractivity contribution in [2.45, 2.75) is 43.6 Å². The molecule has 6 heteroatoms. The van der Waals surface area contributed by atoms with Gasteiger partial charge in [-0.3, -0.25) is 4.79 Å². The van der Waals surface area contributed by atoms with Crippen molar-refractivity contribution in [3.63, 3.8) is 0 Å². The third kappa shape index (κ3) is 4.66. The van der Waals surface area contributed by atoms with E-state index in [4.69, 9.17) is 4.74 Å². The van der Waals surface area contributed by atoms with Crippen LogP contribution < -0.4 is 5.32 Å². The Labute approximate surface area is 146 Å². The maximum atomic E-state index is 13.7. The molecule has 2 rings (SSSR count). The summed E-state index contributed by atoms with van der Waals surface area (Å²) in [6.45, 7) is 3.56. The van der Waals surface area contributed by atoms with Gasteiger partial charge in [-0.1, -0.05) is 37.5 Å². The van der Waals surface area contributed by atoms with E-state index in [2.05, 4.69) is 11.9 Å². The van der Waals surface area contributed by atoms with Crippen LogP contribution in [-0.2, 0) is 19.7 Å². The van der Waals surface area contributed by atoms with E-state index in [1.54, 1.807) is 12.1 Å². The van der Waals surface area contributed by atoms with Gasteiger partial charge in [-0.15, -0.1) is 6.58 Å². The lowest BCUT2D eigenvalue weighted by molar-refractivity contribution is -0.144. The number of aliphatic carboxylic acids is 1. The van der Waals surface area contributed by atoms with Gasteiger partial charge in [0, 0.05) is 0 Å². The molecular formula is C19H24FNO4. The molecule has 1 fully saturated rings. The second-order valence-corrected chi connectivity index (χ2v) is 6.34. The molecule has 1 aromatic carbocycles. The SMILES string of the molecule is C=CCOCC(NC(=O)C1(c2cccc(F)c2)CCCCC1)C(=O)O. The van der Waals surface area contributed by atoms with E-state index in [0.717, 1.165) is 19.3 Å². The van der Waals surface area contributed by atoms with Crippen LogP contribution in [0.5, 0.6) is 0 Å². The van der Waals surface area contributed by atoms with Gasteiger partial charge in [0.1, 0.15) is 5.82 Å². The first-order valence-electron chi connectivity index (χ1n) is 8.48. The second-order valence-electron chi connectivity index (χ2n) is 6.34. The molecule has 136 valence electrons. The minimum absolute atomic E-state index is 0.147. The number of hydrogen-bond donors (Lipinski definition) is 2. The number of carboxylic acids is 1. The molecule has 1 aliphatic rings. The lowest BCUT2D eigenvalue weighted by Gasteiger charge is -2.37. The number of benzene rings is 1. The molecule has 25 heavy (non-hydrogen) atoms. The van der Waals surface area contributed by atoms with Gasteiger partial charge in [0.05, 0.1) is 18.6 Å². The highest BCUT2D eigenvalue weighted by Crippen LogP contribution is 2.40. The van der Waals surface area contributed by atoms with E-state index in [9.17, 15) is 19.1 Å². The van der Waals surface area contributed by atoms with Gasteiger partial charge >= 0.3 is 5.97 Å². The van der Waals surface area contributed by atoms with E-state index in [1.165, 1.54) is 18.2 Å². The highest BCUT2D eigenvalue weighted by atomic mass is 19.1. The zero-order chi connectivity index (χ0) is 18.3. The molecule has 0 aromatic heterocycles. The van der Waals surface area contributed by atoms with Gasteiger partial charge in [-0.2, -0.15) is 0 Å². The molecule has 0 aliphatic heterocycles. The van der Waals surface area contributed by atoms with Crippen LogP contribution in [0.1, 0.15) is 37.7 Å². The van der Waals surface area contributed by atoms with Gasteiger partial charge < -0.3 is 15.2 Å². The molecule has 0 heterocycles. The molecule has 0 bridgehead atoms. The normalized spacial score (nSPS) is 17.5. The average Bonchev–Trinajstić information content (AvgIpc) is 2.61. The fourth-order valence-electron chi connectivity index (χ4n) is 3.33. The molecule has 0 saturated heterocycles. The molecular weight excluding hydrogens is 325 g/mol. The van der Waals surface area contributed by atoms with E-state index < -0.39 is 23.2 Å². The molecule has 1 saturated carbocycles. The van der Waals surface area contributed by atoms with Gasteiger partial charge in [0.25, 0.3) is 0 Å². The van der Waals surface area contributed by atoms with Crippen LogP contribution in [0.15, 0.2) is 36.9 Å². The molecule has 0 spiro atoms. The third-order valence-corrected chi connectivity index (χ3v) is 4.64. The smallest absolute Gasteiger partial charge is 0.328 e. The zero-order valence-electron chi connectivity index (χ0n) is 14.2. The fourth-order valence-corrected chi connectivity index (χ4v) is 3.33. The van der Waals surface area contributed by atoms with E-state index in [0.29, 0.717) is 18.4 Å². The number of carbonyl (C=O) groups is 2. The summed E-state index contributed by atoms with van der Waals surface area (Å²) in [7, 11) is 0. The van der Waals surface area contributed by atoms with Crippen LogP contribution in [0.25, 0.3) is 0 Å². The lowest BCUT2D eigenvalue weighted by atomic mass is 9.68. The summed E-state index contributed by atoms with van der Waals surface area (Å²) in [6, 6.07) is 4.87. The zero-order valence-corrected chi connectivity index (χ0v) is 14.2. The van der Waals surface area contributed by atoms with Crippen LogP contribution in [0.2, 0.25) is 0 Å². The number of rotatable bonds is 8.